The van der Waals surface area contributed by atoms with Gasteiger partial charge in [0, 0.05) is 53.6 Å². The molecule has 0 radical (unpaired) electrons. The van der Waals surface area contributed by atoms with Gasteiger partial charge in [0.1, 0.15) is 11.0 Å². The van der Waals surface area contributed by atoms with Gasteiger partial charge in [0.2, 0.25) is 0 Å². The van der Waals surface area contributed by atoms with Gasteiger partial charge in [0.05, 0.1) is 55.9 Å². The third-order valence-corrected chi connectivity index (χ3v) is 9.96. The van der Waals surface area contributed by atoms with Crippen molar-refractivity contribution in [2.45, 2.75) is 12.3 Å². The summed E-state index contributed by atoms with van der Waals surface area (Å²) >= 11 is 0. The van der Waals surface area contributed by atoms with Crippen LogP contribution in [0, 0.1) is 5.92 Å². The van der Waals surface area contributed by atoms with Crippen LogP contribution in [0.5, 0.6) is 0 Å². The van der Waals surface area contributed by atoms with Gasteiger partial charge in [0.25, 0.3) is 0 Å². The first-order valence-corrected chi connectivity index (χ1v) is 16.2. The van der Waals surface area contributed by atoms with Gasteiger partial charge in [-0.15, -0.1) is 5.73 Å². The maximum Gasteiger partial charge on any atom is 0.115 e. The van der Waals surface area contributed by atoms with Crippen molar-refractivity contribution in [2.24, 2.45) is 5.92 Å². The lowest BCUT2D eigenvalue weighted by Gasteiger charge is -2.16. The molecule has 7 heteroatoms. The Morgan fingerprint density at radius 1 is 0.625 bits per heavy atom. The first kappa shape index (κ1) is 25.6. The molecule has 4 aliphatic rings. The van der Waals surface area contributed by atoms with Gasteiger partial charge in [-0.25, -0.2) is 0 Å². The number of nitrogens with zero attached hydrogens (tertiary/aromatic N) is 7. The molecule has 4 aliphatic carbocycles. The van der Waals surface area contributed by atoms with E-state index in [1.165, 1.54) is 11.3 Å². The lowest BCUT2D eigenvalue weighted by molar-refractivity contribution is 0.909. The van der Waals surface area contributed by atoms with Crippen LogP contribution in [0.4, 0.5) is 0 Å². The lowest BCUT2D eigenvalue weighted by atomic mass is 10.0. The van der Waals surface area contributed by atoms with Gasteiger partial charge < -0.3 is 13.7 Å². The van der Waals surface area contributed by atoms with Crippen LogP contribution in [0.15, 0.2) is 121 Å². The molecule has 224 valence electrons. The maximum absolute atomic E-state index is 4.91. The summed E-state index contributed by atoms with van der Waals surface area (Å²) in [6.45, 7) is 0. The second kappa shape index (κ2) is 9.50. The zero-order valence-corrected chi connectivity index (χ0v) is 25.6. The molecule has 0 aliphatic heterocycles. The summed E-state index contributed by atoms with van der Waals surface area (Å²) in [7, 11) is 0. The summed E-state index contributed by atoms with van der Waals surface area (Å²) in [5, 5.41) is 0. The highest BCUT2D eigenvalue weighted by molar-refractivity contribution is 6.07. The predicted octanol–water partition coefficient (Wildman–Crippen LogP) is 8.70. The Hall–Kier alpha value is -6.52. The van der Waals surface area contributed by atoms with Gasteiger partial charge in [-0.2, -0.15) is 0 Å². The molecule has 1 saturated carbocycles. The molecular weight excluding hydrogens is 591 g/mol. The van der Waals surface area contributed by atoms with E-state index in [2.05, 4.69) is 85.9 Å². The SMILES string of the molecule is C1=CC=Cc2c(c3ncccc3n2C2=C=CC(n3c4cccnc4c4ncccc43)=CC(n3c4c(c5ncccc53)C=CC3CC43)=C2)C=1. The molecule has 0 spiro atoms. The second-order valence-electron chi connectivity index (χ2n) is 12.6. The van der Waals surface area contributed by atoms with E-state index in [9.17, 15) is 0 Å². The molecule has 0 bridgehead atoms. The number of aromatic nitrogens is 7. The van der Waals surface area contributed by atoms with Crippen molar-refractivity contribution in [3.63, 3.8) is 0 Å². The largest absolute Gasteiger partial charge is 0.311 e. The molecule has 7 aromatic heterocycles. The van der Waals surface area contributed by atoms with E-state index in [-0.39, 0.29) is 0 Å². The van der Waals surface area contributed by atoms with E-state index in [1.54, 1.807) is 0 Å². The maximum atomic E-state index is 4.91. The average Bonchev–Trinajstić information content (AvgIpc) is 3.79. The number of pyridine rings is 4. The van der Waals surface area contributed by atoms with Crippen LogP contribution in [0.3, 0.4) is 0 Å². The van der Waals surface area contributed by atoms with Gasteiger partial charge in [-0.05, 0) is 91.2 Å². The van der Waals surface area contributed by atoms with Crippen LogP contribution in [0.2, 0.25) is 0 Å². The minimum absolute atomic E-state index is 0.467. The zero-order chi connectivity index (χ0) is 31.3. The summed E-state index contributed by atoms with van der Waals surface area (Å²) in [6.07, 6.45) is 28.0. The Bertz CT molecular complexity index is 2790. The fraction of sp³-hybridized carbons (Fsp3) is 0.0732. The molecule has 2 unspecified atom stereocenters. The van der Waals surface area contributed by atoms with Crippen molar-refractivity contribution in [3.05, 3.63) is 144 Å². The molecule has 7 aromatic rings. The summed E-state index contributed by atoms with van der Waals surface area (Å²) < 4.78 is 6.97. The van der Waals surface area contributed by atoms with Crippen molar-refractivity contribution in [2.75, 3.05) is 0 Å². The van der Waals surface area contributed by atoms with Crippen LogP contribution >= 0.6 is 0 Å². The minimum atomic E-state index is 0.467. The highest BCUT2D eigenvalue weighted by atomic mass is 15.1. The lowest BCUT2D eigenvalue weighted by Crippen LogP contribution is -2.05. The Morgan fingerprint density at radius 3 is 2.00 bits per heavy atom. The molecule has 0 N–H and O–H groups in total. The molecule has 48 heavy (non-hydrogen) atoms. The van der Waals surface area contributed by atoms with Crippen LogP contribution in [-0.2, 0) is 0 Å². The minimum Gasteiger partial charge on any atom is -0.311 e. The smallest absolute Gasteiger partial charge is 0.115 e. The topological polar surface area (TPSA) is 66.3 Å². The van der Waals surface area contributed by atoms with Crippen LogP contribution < -0.4 is 0 Å². The van der Waals surface area contributed by atoms with Gasteiger partial charge in [0.15, 0.2) is 0 Å². The van der Waals surface area contributed by atoms with Crippen LogP contribution in [0.1, 0.15) is 34.9 Å². The number of rotatable bonds is 3. The van der Waals surface area contributed by atoms with Gasteiger partial charge in [-0.1, -0.05) is 24.0 Å². The molecule has 0 aromatic carbocycles. The van der Waals surface area contributed by atoms with E-state index in [1.807, 2.05) is 67.3 Å². The molecule has 0 amide bonds. The molecule has 7 heterocycles. The normalized spacial score (nSPS) is 18.9. The Labute approximate surface area is 274 Å². The van der Waals surface area contributed by atoms with E-state index in [4.69, 9.17) is 19.9 Å². The molecule has 1 fully saturated rings. The van der Waals surface area contributed by atoms with E-state index < -0.39 is 0 Å². The van der Waals surface area contributed by atoms with E-state index in [0.29, 0.717) is 11.8 Å². The summed E-state index contributed by atoms with van der Waals surface area (Å²) in [5.74, 6) is 1.03. The van der Waals surface area contributed by atoms with Crippen LogP contribution in [0.25, 0.3) is 79.5 Å². The Balaban J connectivity index is 1.26. The first-order valence-electron chi connectivity index (χ1n) is 16.2. The quantitative estimate of drug-likeness (QED) is 0.187. The predicted molar refractivity (Wildman–Crippen MR) is 192 cm³/mol. The fourth-order valence-electron chi connectivity index (χ4n) is 7.85. The monoisotopic (exact) mass is 615 g/mol. The molecule has 2 atom stereocenters. The molecule has 7 nitrogen and oxygen atoms in total. The second-order valence-corrected chi connectivity index (χ2v) is 12.6. The number of hydrogen-bond donors (Lipinski definition) is 0. The Morgan fingerprint density at radius 2 is 1.27 bits per heavy atom. The van der Waals surface area contributed by atoms with Crippen molar-refractivity contribution >= 4 is 79.5 Å². The van der Waals surface area contributed by atoms with Crippen molar-refractivity contribution in [3.8, 4) is 0 Å². The Kier molecular flexibility index (Phi) is 5.08. The fourth-order valence-corrected chi connectivity index (χ4v) is 7.85. The highest BCUT2D eigenvalue weighted by Gasteiger charge is 2.43. The van der Waals surface area contributed by atoms with E-state index >= 15 is 0 Å². The number of hydrogen-bond acceptors (Lipinski definition) is 4. The van der Waals surface area contributed by atoms with Crippen molar-refractivity contribution < 1.29 is 0 Å². The summed E-state index contributed by atoms with van der Waals surface area (Å²) in [4.78, 5) is 19.2. The number of fused-ring (bicyclic) bond motifs is 11. The third kappa shape index (κ3) is 3.49. The highest BCUT2D eigenvalue weighted by Crippen LogP contribution is 2.55. The number of allylic oxidation sites excluding steroid dienone is 8. The van der Waals surface area contributed by atoms with Gasteiger partial charge >= 0.3 is 0 Å². The van der Waals surface area contributed by atoms with Crippen molar-refractivity contribution in [1.29, 1.82) is 0 Å². The van der Waals surface area contributed by atoms with Crippen molar-refractivity contribution in [1.82, 2.24) is 33.6 Å². The standard InChI is InChI=1S/C41H25N7/c1-2-8-29-32(9-3-1)46(33-10-4-18-42-37(29)33)26-15-16-27(47-35-12-6-20-44-39(35)40-36(47)13-7-21-45-40)24-28(23-26)48-34-11-5-19-43-38(34)30-17-14-25-22-31(25)41(30)48/h1,3-14,16-21,23-25,31H,22H2. The molecular formula is C41H25N7. The summed E-state index contributed by atoms with van der Waals surface area (Å²) in [6, 6.07) is 16.6. The zero-order valence-electron chi connectivity index (χ0n) is 25.6. The summed E-state index contributed by atoms with van der Waals surface area (Å²) in [5.41, 5.74) is 22.4. The first-order chi connectivity index (χ1) is 23.8. The average molecular weight is 616 g/mol. The van der Waals surface area contributed by atoms with E-state index in [0.717, 1.165) is 78.9 Å². The third-order valence-electron chi connectivity index (χ3n) is 9.96. The van der Waals surface area contributed by atoms with Gasteiger partial charge in [-0.3, -0.25) is 19.9 Å². The molecule has 11 rings (SSSR count). The van der Waals surface area contributed by atoms with Crippen LogP contribution in [-0.4, -0.2) is 33.6 Å². The molecule has 0 saturated heterocycles.